The van der Waals surface area contributed by atoms with Gasteiger partial charge in [-0.05, 0) is 32.0 Å². The standard InChI is InChI=1S/C16H17NO3S/c1-10-8-17-14(11(2)15(10)20-3)9-21-13-6-4-5-12(7-13)16(18)19/h4-8H,9H2,1-3H3,(H,18,19). The van der Waals surface area contributed by atoms with E-state index in [9.17, 15) is 4.79 Å². The minimum atomic E-state index is -0.913. The van der Waals surface area contributed by atoms with Crippen molar-refractivity contribution in [3.8, 4) is 5.75 Å². The van der Waals surface area contributed by atoms with Gasteiger partial charge in [0.15, 0.2) is 0 Å². The van der Waals surface area contributed by atoms with Crippen molar-refractivity contribution >= 4 is 17.7 Å². The summed E-state index contributed by atoms with van der Waals surface area (Å²) in [6.07, 6.45) is 1.80. The summed E-state index contributed by atoms with van der Waals surface area (Å²) in [5.41, 5.74) is 3.28. The van der Waals surface area contributed by atoms with Crippen molar-refractivity contribution in [1.82, 2.24) is 4.98 Å². The Bertz CT molecular complexity index is 671. The van der Waals surface area contributed by atoms with Crippen LogP contribution in [0.1, 0.15) is 27.2 Å². The fourth-order valence-electron chi connectivity index (χ4n) is 2.09. The predicted molar refractivity (Wildman–Crippen MR) is 83.2 cm³/mol. The number of carboxylic acids is 1. The van der Waals surface area contributed by atoms with Gasteiger partial charge in [0.05, 0.1) is 18.4 Å². The number of carboxylic acid groups (broad SMARTS) is 1. The quantitative estimate of drug-likeness (QED) is 0.853. The third-order valence-corrected chi connectivity index (χ3v) is 4.21. The van der Waals surface area contributed by atoms with E-state index in [1.54, 1.807) is 43.3 Å². The number of aromatic nitrogens is 1. The maximum atomic E-state index is 11.0. The van der Waals surface area contributed by atoms with Gasteiger partial charge in [-0.25, -0.2) is 4.79 Å². The second-order valence-electron chi connectivity index (χ2n) is 4.67. The largest absolute Gasteiger partial charge is 0.496 e. The van der Waals surface area contributed by atoms with Crippen molar-refractivity contribution in [2.24, 2.45) is 0 Å². The zero-order chi connectivity index (χ0) is 15.4. The van der Waals surface area contributed by atoms with E-state index in [2.05, 4.69) is 4.98 Å². The molecule has 2 aromatic rings. The van der Waals surface area contributed by atoms with Crippen LogP contribution in [0.2, 0.25) is 0 Å². The van der Waals surface area contributed by atoms with Crippen LogP contribution in [0, 0.1) is 13.8 Å². The van der Waals surface area contributed by atoms with Gasteiger partial charge in [-0.2, -0.15) is 0 Å². The molecule has 0 atom stereocenters. The molecule has 1 aromatic carbocycles. The molecule has 110 valence electrons. The van der Waals surface area contributed by atoms with Crippen LogP contribution in [0.25, 0.3) is 0 Å². The molecule has 0 aliphatic heterocycles. The average molecular weight is 303 g/mol. The molecule has 21 heavy (non-hydrogen) atoms. The summed E-state index contributed by atoms with van der Waals surface area (Å²) in [7, 11) is 1.66. The highest BCUT2D eigenvalue weighted by Gasteiger charge is 2.10. The normalized spacial score (nSPS) is 10.4. The Hall–Kier alpha value is -2.01. The molecule has 0 saturated heterocycles. The van der Waals surface area contributed by atoms with Crippen LogP contribution < -0.4 is 4.74 Å². The molecule has 1 heterocycles. The number of aromatic carboxylic acids is 1. The number of methoxy groups -OCH3 is 1. The number of hydrogen-bond acceptors (Lipinski definition) is 4. The molecule has 0 unspecified atom stereocenters. The van der Waals surface area contributed by atoms with E-state index in [0.717, 1.165) is 27.5 Å². The van der Waals surface area contributed by atoms with Gasteiger partial charge in [0.25, 0.3) is 0 Å². The number of hydrogen-bond donors (Lipinski definition) is 1. The Morgan fingerprint density at radius 2 is 2.14 bits per heavy atom. The zero-order valence-electron chi connectivity index (χ0n) is 12.2. The van der Waals surface area contributed by atoms with Gasteiger partial charge in [0.2, 0.25) is 0 Å². The number of ether oxygens (including phenoxy) is 1. The second kappa shape index (κ2) is 6.63. The SMILES string of the molecule is COc1c(C)cnc(CSc2cccc(C(=O)O)c2)c1C. The molecule has 0 aliphatic carbocycles. The number of pyridine rings is 1. The van der Waals surface area contributed by atoms with Gasteiger partial charge >= 0.3 is 5.97 Å². The third kappa shape index (κ3) is 3.55. The van der Waals surface area contributed by atoms with Crippen LogP contribution in [0.5, 0.6) is 5.75 Å². The molecule has 4 nitrogen and oxygen atoms in total. The molecular formula is C16H17NO3S. The molecule has 0 spiro atoms. The number of rotatable bonds is 5. The molecule has 2 rings (SSSR count). The monoisotopic (exact) mass is 303 g/mol. The first-order valence-corrected chi connectivity index (χ1v) is 7.46. The molecule has 0 amide bonds. The second-order valence-corrected chi connectivity index (χ2v) is 5.72. The first-order chi connectivity index (χ1) is 10.0. The van der Waals surface area contributed by atoms with E-state index in [4.69, 9.17) is 9.84 Å². The van der Waals surface area contributed by atoms with E-state index < -0.39 is 5.97 Å². The van der Waals surface area contributed by atoms with E-state index in [1.165, 1.54) is 0 Å². The first kappa shape index (κ1) is 15.4. The fourth-order valence-corrected chi connectivity index (χ4v) is 3.07. The average Bonchev–Trinajstić information content (AvgIpc) is 2.47. The zero-order valence-corrected chi connectivity index (χ0v) is 13.0. The van der Waals surface area contributed by atoms with Gasteiger partial charge in [-0.1, -0.05) is 6.07 Å². The van der Waals surface area contributed by atoms with Gasteiger partial charge in [0.1, 0.15) is 5.75 Å². The highest BCUT2D eigenvalue weighted by Crippen LogP contribution is 2.29. The Morgan fingerprint density at radius 1 is 1.38 bits per heavy atom. The van der Waals surface area contributed by atoms with E-state index in [0.29, 0.717) is 11.3 Å². The summed E-state index contributed by atoms with van der Waals surface area (Å²) in [6.45, 7) is 3.95. The van der Waals surface area contributed by atoms with Crippen LogP contribution in [-0.4, -0.2) is 23.2 Å². The van der Waals surface area contributed by atoms with Gasteiger partial charge in [0, 0.05) is 28.0 Å². The molecule has 1 N–H and O–H groups in total. The highest BCUT2D eigenvalue weighted by molar-refractivity contribution is 7.98. The van der Waals surface area contributed by atoms with Crippen molar-refractivity contribution in [3.63, 3.8) is 0 Å². The Labute approximate surface area is 128 Å². The molecule has 1 aromatic heterocycles. The maximum absolute atomic E-state index is 11.0. The van der Waals surface area contributed by atoms with Crippen molar-refractivity contribution in [2.75, 3.05) is 7.11 Å². The molecule has 0 radical (unpaired) electrons. The lowest BCUT2D eigenvalue weighted by Gasteiger charge is -2.12. The van der Waals surface area contributed by atoms with Crippen molar-refractivity contribution in [3.05, 3.63) is 52.8 Å². The Balaban J connectivity index is 2.17. The van der Waals surface area contributed by atoms with Gasteiger partial charge < -0.3 is 9.84 Å². The Kier molecular flexibility index (Phi) is 4.85. The van der Waals surface area contributed by atoms with Crippen molar-refractivity contribution in [1.29, 1.82) is 0 Å². The van der Waals surface area contributed by atoms with Gasteiger partial charge in [-0.3, -0.25) is 4.98 Å². The summed E-state index contributed by atoms with van der Waals surface area (Å²) in [5, 5.41) is 9.00. The summed E-state index contributed by atoms with van der Waals surface area (Å²) in [4.78, 5) is 16.3. The molecule has 0 fully saturated rings. The molecule has 0 saturated carbocycles. The Morgan fingerprint density at radius 3 is 2.81 bits per heavy atom. The fraction of sp³-hybridized carbons (Fsp3) is 0.250. The minimum absolute atomic E-state index is 0.297. The number of thioether (sulfide) groups is 1. The lowest BCUT2D eigenvalue weighted by Crippen LogP contribution is -1.99. The van der Waals surface area contributed by atoms with Crippen LogP contribution in [-0.2, 0) is 5.75 Å². The van der Waals surface area contributed by atoms with Gasteiger partial charge in [-0.15, -0.1) is 11.8 Å². The summed E-state index contributed by atoms with van der Waals surface area (Å²) < 4.78 is 5.39. The van der Waals surface area contributed by atoms with Crippen LogP contribution in [0.3, 0.4) is 0 Å². The first-order valence-electron chi connectivity index (χ1n) is 6.48. The van der Waals surface area contributed by atoms with E-state index in [-0.39, 0.29) is 0 Å². The summed E-state index contributed by atoms with van der Waals surface area (Å²) in [6, 6.07) is 6.91. The number of benzene rings is 1. The number of aryl methyl sites for hydroxylation is 1. The van der Waals surface area contributed by atoms with Crippen LogP contribution in [0.4, 0.5) is 0 Å². The minimum Gasteiger partial charge on any atom is -0.496 e. The van der Waals surface area contributed by atoms with Crippen molar-refractivity contribution < 1.29 is 14.6 Å². The molecule has 0 bridgehead atoms. The number of nitrogens with zero attached hydrogens (tertiary/aromatic N) is 1. The maximum Gasteiger partial charge on any atom is 0.335 e. The number of carbonyl (C=O) groups is 1. The topological polar surface area (TPSA) is 59.4 Å². The van der Waals surface area contributed by atoms with Crippen LogP contribution >= 0.6 is 11.8 Å². The lowest BCUT2D eigenvalue weighted by molar-refractivity contribution is 0.0696. The predicted octanol–water partition coefficient (Wildman–Crippen LogP) is 3.70. The van der Waals surface area contributed by atoms with E-state index in [1.807, 2.05) is 19.9 Å². The third-order valence-electron chi connectivity index (χ3n) is 3.21. The summed E-state index contributed by atoms with van der Waals surface area (Å²) >= 11 is 1.56. The van der Waals surface area contributed by atoms with E-state index >= 15 is 0 Å². The summed E-state index contributed by atoms with van der Waals surface area (Å²) in [5.74, 6) is 0.620. The lowest BCUT2D eigenvalue weighted by atomic mass is 10.1. The van der Waals surface area contributed by atoms with Crippen molar-refractivity contribution in [2.45, 2.75) is 24.5 Å². The highest BCUT2D eigenvalue weighted by atomic mass is 32.2. The molecular weight excluding hydrogens is 286 g/mol. The molecule has 5 heteroatoms. The van der Waals surface area contributed by atoms with Crippen LogP contribution in [0.15, 0.2) is 35.4 Å². The smallest absolute Gasteiger partial charge is 0.335 e. The molecule has 0 aliphatic rings.